The van der Waals surface area contributed by atoms with Crippen LogP contribution < -0.4 is 5.32 Å². The van der Waals surface area contributed by atoms with Crippen molar-refractivity contribution in [1.29, 1.82) is 0 Å². The van der Waals surface area contributed by atoms with Crippen molar-refractivity contribution < 1.29 is 9.59 Å². The summed E-state index contributed by atoms with van der Waals surface area (Å²) in [5.74, 6) is -0.117. The van der Waals surface area contributed by atoms with Crippen molar-refractivity contribution in [2.24, 2.45) is 0 Å². The van der Waals surface area contributed by atoms with Crippen LogP contribution in [0.1, 0.15) is 30.9 Å². The topological polar surface area (TPSA) is 49.4 Å². The van der Waals surface area contributed by atoms with Gasteiger partial charge in [0.25, 0.3) is 0 Å². The molecule has 0 aromatic heterocycles. The van der Waals surface area contributed by atoms with E-state index in [0.717, 1.165) is 18.4 Å². The van der Waals surface area contributed by atoms with E-state index in [1.165, 1.54) is 4.90 Å². The van der Waals surface area contributed by atoms with Gasteiger partial charge in [-0.25, -0.2) is 4.79 Å². The molecule has 4 heteroatoms. The van der Waals surface area contributed by atoms with Crippen LogP contribution in [0.2, 0.25) is 0 Å². The number of benzene rings is 2. The molecule has 0 saturated carbocycles. The van der Waals surface area contributed by atoms with Crippen LogP contribution in [-0.4, -0.2) is 16.8 Å². The van der Waals surface area contributed by atoms with E-state index in [2.05, 4.69) is 5.32 Å². The number of hydrogen-bond acceptors (Lipinski definition) is 2. The predicted molar refractivity (Wildman–Crippen MR) is 85.3 cm³/mol. The molecule has 1 saturated heterocycles. The lowest BCUT2D eigenvalue weighted by Crippen LogP contribution is -2.44. The molecular weight excluding hydrogens is 276 g/mol. The van der Waals surface area contributed by atoms with Gasteiger partial charge in [-0.05, 0) is 30.5 Å². The minimum Gasteiger partial charge on any atom is -0.307 e. The Labute approximate surface area is 129 Å². The van der Waals surface area contributed by atoms with E-state index < -0.39 is 0 Å². The smallest absolute Gasteiger partial charge is 0.307 e. The number of urea groups is 1. The lowest BCUT2D eigenvalue weighted by Gasteiger charge is -2.34. The van der Waals surface area contributed by atoms with Crippen molar-refractivity contribution in [2.75, 3.05) is 5.32 Å². The second-order valence-electron chi connectivity index (χ2n) is 5.38. The Morgan fingerprint density at radius 1 is 1.00 bits per heavy atom. The molecule has 22 heavy (non-hydrogen) atoms. The van der Waals surface area contributed by atoms with Crippen molar-refractivity contribution in [3.05, 3.63) is 66.2 Å². The summed E-state index contributed by atoms with van der Waals surface area (Å²) in [5, 5.41) is 2.81. The minimum atomic E-state index is -0.357. The van der Waals surface area contributed by atoms with Gasteiger partial charge in [-0.15, -0.1) is 0 Å². The first-order valence-electron chi connectivity index (χ1n) is 7.49. The van der Waals surface area contributed by atoms with Crippen LogP contribution in [-0.2, 0) is 4.79 Å². The molecule has 0 aliphatic carbocycles. The number of para-hydroxylation sites is 1. The fourth-order valence-corrected chi connectivity index (χ4v) is 2.82. The van der Waals surface area contributed by atoms with E-state index in [1.54, 1.807) is 0 Å². The molecule has 3 rings (SSSR count). The molecule has 1 unspecified atom stereocenters. The zero-order valence-electron chi connectivity index (χ0n) is 12.2. The molecule has 0 radical (unpaired) electrons. The summed E-state index contributed by atoms with van der Waals surface area (Å²) < 4.78 is 0. The number of anilines is 1. The maximum absolute atomic E-state index is 12.6. The summed E-state index contributed by atoms with van der Waals surface area (Å²) in [6, 6.07) is 18.4. The van der Waals surface area contributed by atoms with Crippen LogP contribution in [0.4, 0.5) is 10.5 Å². The molecule has 3 amide bonds. The monoisotopic (exact) mass is 294 g/mol. The van der Waals surface area contributed by atoms with Crippen LogP contribution in [0.3, 0.4) is 0 Å². The first-order chi connectivity index (χ1) is 10.8. The van der Waals surface area contributed by atoms with Gasteiger partial charge in [0.2, 0.25) is 5.91 Å². The highest BCUT2D eigenvalue weighted by atomic mass is 16.2. The highest BCUT2D eigenvalue weighted by molar-refractivity contribution is 6.02. The molecule has 1 heterocycles. The molecular formula is C18H18N2O2. The second-order valence-corrected chi connectivity index (χ2v) is 5.38. The first kappa shape index (κ1) is 14.3. The van der Waals surface area contributed by atoms with Gasteiger partial charge in [-0.2, -0.15) is 0 Å². The fraction of sp³-hybridized carbons (Fsp3) is 0.222. The van der Waals surface area contributed by atoms with Gasteiger partial charge in [-0.1, -0.05) is 48.5 Å². The molecule has 1 atom stereocenters. The largest absolute Gasteiger partial charge is 0.329 e. The van der Waals surface area contributed by atoms with Crippen molar-refractivity contribution in [1.82, 2.24) is 4.90 Å². The molecule has 1 aliphatic heterocycles. The van der Waals surface area contributed by atoms with Crippen LogP contribution in [0.5, 0.6) is 0 Å². The van der Waals surface area contributed by atoms with Crippen molar-refractivity contribution in [3.63, 3.8) is 0 Å². The van der Waals surface area contributed by atoms with E-state index >= 15 is 0 Å². The van der Waals surface area contributed by atoms with Crippen molar-refractivity contribution in [2.45, 2.75) is 25.3 Å². The number of imide groups is 1. The summed E-state index contributed by atoms with van der Waals surface area (Å²) in [6.07, 6.45) is 2.04. The minimum absolute atomic E-state index is 0.117. The van der Waals surface area contributed by atoms with Crippen LogP contribution in [0.15, 0.2) is 60.7 Å². The summed E-state index contributed by atoms with van der Waals surface area (Å²) in [7, 11) is 0. The quantitative estimate of drug-likeness (QED) is 0.911. The Balaban J connectivity index is 1.84. The van der Waals surface area contributed by atoms with Gasteiger partial charge in [0.1, 0.15) is 0 Å². The van der Waals surface area contributed by atoms with E-state index in [4.69, 9.17) is 0 Å². The third-order valence-electron chi connectivity index (χ3n) is 3.88. The number of amides is 3. The number of nitrogens with one attached hydrogen (secondary N) is 1. The number of likely N-dealkylation sites (tertiary alicyclic amines) is 1. The SMILES string of the molecule is O=C1CCCC(c2ccccc2)N1C(=O)Nc1ccccc1. The third-order valence-corrected chi connectivity index (χ3v) is 3.88. The number of carbonyl (C=O) groups excluding carboxylic acids is 2. The summed E-state index contributed by atoms with van der Waals surface area (Å²) in [6.45, 7) is 0. The molecule has 112 valence electrons. The number of carbonyl (C=O) groups is 2. The number of rotatable bonds is 2. The van der Waals surface area contributed by atoms with E-state index in [1.807, 2.05) is 60.7 Å². The second kappa shape index (κ2) is 6.43. The summed E-state index contributed by atoms with van der Waals surface area (Å²) in [5.41, 5.74) is 1.69. The van der Waals surface area contributed by atoms with Crippen molar-refractivity contribution >= 4 is 17.6 Å². The standard InChI is InChI=1S/C18H18N2O2/c21-17-13-7-12-16(14-8-3-1-4-9-14)20(17)18(22)19-15-10-5-2-6-11-15/h1-6,8-11,16H,7,12-13H2,(H,19,22). The highest BCUT2D eigenvalue weighted by Crippen LogP contribution is 2.32. The lowest BCUT2D eigenvalue weighted by molar-refractivity contribution is -0.132. The van der Waals surface area contributed by atoms with Crippen LogP contribution in [0, 0.1) is 0 Å². The average Bonchev–Trinajstić information content (AvgIpc) is 2.56. The van der Waals surface area contributed by atoms with Crippen molar-refractivity contribution in [3.8, 4) is 0 Å². The predicted octanol–water partition coefficient (Wildman–Crippen LogP) is 3.97. The summed E-state index contributed by atoms with van der Waals surface area (Å²) in [4.78, 5) is 26.2. The van der Waals surface area contributed by atoms with E-state index in [-0.39, 0.29) is 18.0 Å². The molecule has 1 aliphatic rings. The molecule has 4 nitrogen and oxygen atoms in total. The Morgan fingerprint density at radius 3 is 2.32 bits per heavy atom. The van der Waals surface area contributed by atoms with Gasteiger partial charge in [-0.3, -0.25) is 9.69 Å². The maximum atomic E-state index is 12.6. The fourth-order valence-electron chi connectivity index (χ4n) is 2.82. The molecule has 1 N–H and O–H groups in total. The zero-order chi connectivity index (χ0) is 15.4. The highest BCUT2D eigenvalue weighted by Gasteiger charge is 2.34. The zero-order valence-corrected chi connectivity index (χ0v) is 12.2. The normalized spacial score (nSPS) is 18.1. The summed E-state index contributed by atoms with van der Waals surface area (Å²) >= 11 is 0. The molecule has 1 fully saturated rings. The molecule has 2 aromatic carbocycles. The number of hydrogen-bond donors (Lipinski definition) is 1. The van der Waals surface area contributed by atoms with Gasteiger partial charge < -0.3 is 5.32 Å². The van der Waals surface area contributed by atoms with Crippen LogP contribution >= 0.6 is 0 Å². The molecule has 2 aromatic rings. The Morgan fingerprint density at radius 2 is 1.64 bits per heavy atom. The Hall–Kier alpha value is -2.62. The van der Waals surface area contributed by atoms with Crippen LogP contribution in [0.25, 0.3) is 0 Å². The van der Waals surface area contributed by atoms with Gasteiger partial charge >= 0.3 is 6.03 Å². The first-order valence-corrected chi connectivity index (χ1v) is 7.49. The van der Waals surface area contributed by atoms with E-state index in [0.29, 0.717) is 12.1 Å². The molecule has 0 spiro atoms. The van der Waals surface area contributed by atoms with Gasteiger partial charge in [0.05, 0.1) is 6.04 Å². The number of nitrogens with zero attached hydrogens (tertiary/aromatic N) is 1. The molecule has 0 bridgehead atoms. The average molecular weight is 294 g/mol. The van der Waals surface area contributed by atoms with Gasteiger partial charge in [0, 0.05) is 12.1 Å². The van der Waals surface area contributed by atoms with E-state index in [9.17, 15) is 9.59 Å². The lowest BCUT2D eigenvalue weighted by atomic mass is 9.95. The maximum Gasteiger partial charge on any atom is 0.329 e. The van der Waals surface area contributed by atoms with Gasteiger partial charge in [0.15, 0.2) is 0 Å². The number of piperidine rings is 1. The Bertz CT molecular complexity index is 655. The third kappa shape index (κ3) is 3.01. The Kier molecular flexibility index (Phi) is 4.19.